The fourth-order valence-corrected chi connectivity index (χ4v) is 7.76. The number of phenols is 1. The van der Waals surface area contributed by atoms with Gasteiger partial charge in [0.15, 0.2) is 0 Å². The summed E-state index contributed by atoms with van der Waals surface area (Å²) in [6.45, 7) is 21.7. The van der Waals surface area contributed by atoms with Crippen molar-refractivity contribution in [3.05, 3.63) is 47.0 Å². The summed E-state index contributed by atoms with van der Waals surface area (Å²) in [7, 11) is 3.63. The van der Waals surface area contributed by atoms with Crippen molar-refractivity contribution < 1.29 is 48.0 Å². The van der Waals surface area contributed by atoms with Gasteiger partial charge >= 0.3 is 24.4 Å². The van der Waals surface area contributed by atoms with Gasteiger partial charge < -0.3 is 70.7 Å². The van der Waals surface area contributed by atoms with E-state index in [1.54, 1.807) is 122 Å². The molecule has 390 valence electrons. The molecule has 2 aromatic carbocycles. The van der Waals surface area contributed by atoms with E-state index in [0.717, 1.165) is 0 Å². The normalized spacial score (nSPS) is 18.6. The highest BCUT2D eigenvalue weighted by Crippen LogP contribution is 2.31. The zero-order chi connectivity index (χ0) is 52.8. The van der Waals surface area contributed by atoms with Crippen molar-refractivity contribution in [3.8, 4) is 5.75 Å². The number of halogens is 1. The predicted molar refractivity (Wildman–Crippen MR) is 271 cm³/mol. The first kappa shape index (κ1) is 55.2. The third-order valence-electron chi connectivity index (χ3n) is 10.2. The lowest BCUT2D eigenvalue weighted by molar-refractivity contribution is 0.0452. The minimum atomic E-state index is -0.787. The lowest BCUT2D eigenvalue weighted by Crippen LogP contribution is -2.59. The Hall–Kier alpha value is -6.71. The molecule has 2 fully saturated rings. The van der Waals surface area contributed by atoms with Crippen molar-refractivity contribution in [1.82, 2.24) is 36.2 Å². The smallest absolute Gasteiger partial charge is 0.407 e. The van der Waals surface area contributed by atoms with E-state index >= 15 is 0 Å². The SMILES string of the molecule is CN(C)c1ccc(C(=O)Nc2ccc(Nc3nc(N4CC(NC(=O)OC(C)(C)C)CC(NC(=O)OC(C)(C)C)C4)nc(N4CC(NC(=O)OC(C)(C)C)CC(NC(=O)OC(C)(C)C)C4)n3)cc2Cl)c(O)c1. The molecule has 7 N–H and O–H groups in total. The zero-order valence-electron chi connectivity index (χ0n) is 43.2. The van der Waals surface area contributed by atoms with Crippen LogP contribution < -0.4 is 46.6 Å². The number of aromatic nitrogens is 3. The molecule has 0 spiro atoms. The maximum Gasteiger partial charge on any atom is 0.407 e. The first-order valence-electron chi connectivity index (χ1n) is 23.4. The van der Waals surface area contributed by atoms with Gasteiger partial charge in [-0.15, -0.1) is 0 Å². The van der Waals surface area contributed by atoms with Crippen molar-refractivity contribution in [2.24, 2.45) is 0 Å². The molecular weight excluding hydrogens is 940 g/mol. The second-order valence-electron chi connectivity index (χ2n) is 21.8. The maximum atomic E-state index is 13.3. The van der Waals surface area contributed by atoms with Gasteiger partial charge in [0.1, 0.15) is 28.2 Å². The average Bonchev–Trinajstić information content (AvgIpc) is 3.18. The molecule has 0 bridgehead atoms. The van der Waals surface area contributed by atoms with Gasteiger partial charge in [-0.3, -0.25) is 4.79 Å². The molecule has 22 nitrogen and oxygen atoms in total. The fourth-order valence-electron chi connectivity index (χ4n) is 7.54. The number of carbonyl (C=O) groups is 5. The topological polar surface area (TPSA) is 263 Å². The van der Waals surface area contributed by atoms with Gasteiger partial charge in [0, 0.05) is 57.7 Å². The standard InChI is InChI=1S/C48H71ClN12O10/c1-45(2,3)68-41(64)51-28-19-29(52-42(65)69-46(4,5)6)24-60(23-28)39-56-38(50-27-15-18-35(34(49)21-27)55-37(63)33-17-16-32(59(13)14)22-36(33)62)57-40(58-39)61-25-30(53-43(66)70-47(7,8)9)20-31(26-61)54-44(67)71-48(10,11)12/h15-18,21-22,28-31,62H,19-20,23-26H2,1-14H3,(H,51,64)(H,52,65)(H,53,66)(H,54,67)(H,55,63)(H,50,56,57,58). The summed E-state index contributed by atoms with van der Waals surface area (Å²) < 4.78 is 22.4. The highest BCUT2D eigenvalue weighted by atomic mass is 35.5. The maximum absolute atomic E-state index is 13.3. The molecule has 23 heteroatoms. The Morgan fingerprint density at radius 3 is 1.34 bits per heavy atom. The lowest BCUT2D eigenvalue weighted by Gasteiger charge is -2.40. The summed E-state index contributed by atoms with van der Waals surface area (Å²) in [6, 6.07) is 7.17. The lowest BCUT2D eigenvalue weighted by atomic mass is 10.0. The van der Waals surface area contributed by atoms with E-state index in [4.69, 9.17) is 45.5 Å². The highest BCUT2D eigenvalue weighted by Gasteiger charge is 2.36. The Morgan fingerprint density at radius 2 is 1.00 bits per heavy atom. The molecule has 3 heterocycles. The monoisotopic (exact) mass is 1010 g/mol. The Bertz CT molecular complexity index is 2240. The number of hydrogen-bond donors (Lipinski definition) is 7. The van der Waals surface area contributed by atoms with Crippen molar-refractivity contribution >= 4 is 76.8 Å². The van der Waals surface area contributed by atoms with Crippen LogP contribution in [0, 0.1) is 0 Å². The Labute approximate surface area is 420 Å². The molecular formula is C48H71ClN12O10. The molecule has 5 rings (SSSR count). The number of rotatable bonds is 11. The number of benzene rings is 2. The number of phenolic OH excluding ortho intramolecular Hbond substituents is 1. The Morgan fingerprint density at radius 1 is 0.606 bits per heavy atom. The molecule has 2 saturated heterocycles. The molecule has 2 aliphatic rings. The predicted octanol–water partition coefficient (Wildman–Crippen LogP) is 7.29. The third-order valence-corrected chi connectivity index (χ3v) is 10.5. The summed E-state index contributed by atoms with van der Waals surface area (Å²) in [5, 5.41) is 28.4. The number of aromatic hydroxyl groups is 1. The molecule has 4 unspecified atom stereocenters. The molecule has 2 aliphatic heterocycles. The number of carbonyl (C=O) groups excluding carboxylic acids is 5. The van der Waals surface area contributed by atoms with Gasteiger partial charge in [0.25, 0.3) is 5.91 Å². The van der Waals surface area contributed by atoms with Crippen LogP contribution in [0.2, 0.25) is 5.02 Å². The van der Waals surface area contributed by atoms with Gasteiger partial charge in [-0.1, -0.05) is 11.6 Å². The number of amides is 5. The molecule has 0 radical (unpaired) electrons. The summed E-state index contributed by atoms with van der Waals surface area (Å²) in [6.07, 6.45) is -2.01. The number of ether oxygens (including phenoxy) is 4. The van der Waals surface area contributed by atoms with Crippen LogP contribution in [0.5, 0.6) is 5.75 Å². The zero-order valence-corrected chi connectivity index (χ0v) is 44.0. The van der Waals surface area contributed by atoms with Crippen LogP contribution >= 0.6 is 11.6 Å². The minimum Gasteiger partial charge on any atom is -0.507 e. The van der Waals surface area contributed by atoms with Crippen molar-refractivity contribution in [2.75, 3.05) is 65.6 Å². The summed E-state index contributed by atoms with van der Waals surface area (Å²) in [5.41, 5.74) is -1.72. The molecule has 5 amide bonds. The van der Waals surface area contributed by atoms with Crippen LogP contribution in [0.1, 0.15) is 106 Å². The van der Waals surface area contributed by atoms with E-state index in [1.165, 1.54) is 12.1 Å². The largest absolute Gasteiger partial charge is 0.507 e. The number of hydrogen-bond acceptors (Lipinski definition) is 17. The van der Waals surface area contributed by atoms with E-state index in [0.29, 0.717) is 24.2 Å². The number of nitrogens with zero attached hydrogens (tertiary/aromatic N) is 6. The van der Waals surface area contributed by atoms with Crippen LogP contribution in [-0.2, 0) is 18.9 Å². The highest BCUT2D eigenvalue weighted by molar-refractivity contribution is 6.34. The molecule has 0 aliphatic carbocycles. The van der Waals surface area contributed by atoms with E-state index in [1.807, 2.05) is 14.1 Å². The Balaban J connectivity index is 1.54. The number of alkyl carbamates (subject to hydrolysis) is 4. The molecule has 3 aromatic rings. The molecule has 71 heavy (non-hydrogen) atoms. The minimum absolute atomic E-state index is 0.0431. The molecule has 1 aromatic heterocycles. The number of anilines is 6. The quantitative estimate of drug-likeness (QED) is 0.0930. The van der Waals surface area contributed by atoms with Gasteiger partial charge in [0.05, 0.1) is 40.4 Å². The van der Waals surface area contributed by atoms with Crippen LogP contribution in [-0.4, -0.2) is 137 Å². The van der Waals surface area contributed by atoms with Crippen molar-refractivity contribution in [1.29, 1.82) is 0 Å². The summed E-state index contributed by atoms with van der Waals surface area (Å²) >= 11 is 6.76. The molecule has 0 saturated carbocycles. The first-order valence-corrected chi connectivity index (χ1v) is 23.8. The van der Waals surface area contributed by atoms with E-state index < -0.39 is 76.9 Å². The van der Waals surface area contributed by atoms with Gasteiger partial charge in [-0.2, -0.15) is 15.0 Å². The van der Waals surface area contributed by atoms with Crippen LogP contribution in [0.15, 0.2) is 36.4 Å². The molecule has 4 atom stereocenters. The Kier molecular flexibility index (Phi) is 17.2. The first-order chi connectivity index (χ1) is 32.8. The number of piperidine rings is 2. The number of nitrogens with one attached hydrogen (secondary N) is 6. The fraction of sp³-hybridized carbons (Fsp3) is 0.583. The van der Waals surface area contributed by atoms with Crippen LogP contribution in [0.4, 0.5) is 54.1 Å². The second kappa shape index (κ2) is 22.2. The van der Waals surface area contributed by atoms with Crippen LogP contribution in [0.25, 0.3) is 0 Å². The second-order valence-corrected chi connectivity index (χ2v) is 22.2. The van der Waals surface area contributed by atoms with E-state index in [-0.39, 0.29) is 66.0 Å². The van der Waals surface area contributed by atoms with E-state index in [2.05, 4.69) is 31.9 Å². The van der Waals surface area contributed by atoms with E-state index in [9.17, 15) is 29.1 Å². The average molecular weight is 1010 g/mol. The van der Waals surface area contributed by atoms with Crippen molar-refractivity contribution in [2.45, 2.75) is 142 Å². The van der Waals surface area contributed by atoms with Gasteiger partial charge in [0.2, 0.25) is 17.8 Å². The van der Waals surface area contributed by atoms with Crippen LogP contribution in [0.3, 0.4) is 0 Å². The van der Waals surface area contributed by atoms with Gasteiger partial charge in [-0.25, -0.2) is 19.2 Å². The van der Waals surface area contributed by atoms with Crippen molar-refractivity contribution in [3.63, 3.8) is 0 Å². The summed E-state index contributed by atoms with van der Waals surface area (Å²) in [5.74, 6) is -0.467. The van der Waals surface area contributed by atoms with Gasteiger partial charge in [-0.05, 0) is 126 Å². The summed E-state index contributed by atoms with van der Waals surface area (Å²) in [4.78, 5) is 85.9. The third kappa shape index (κ3) is 17.9.